The van der Waals surface area contributed by atoms with E-state index >= 15 is 0 Å². The van der Waals surface area contributed by atoms with E-state index in [1.807, 2.05) is 0 Å². The summed E-state index contributed by atoms with van der Waals surface area (Å²) in [5.41, 5.74) is -0.00569. The molecular weight excluding hydrogens is 210 g/mol. The van der Waals surface area contributed by atoms with Crippen LogP contribution in [-0.4, -0.2) is 30.3 Å². The Morgan fingerprint density at radius 3 is 2.29 bits per heavy atom. The van der Waals surface area contributed by atoms with Crippen molar-refractivity contribution in [2.45, 2.75) is 70.8 Å². The highest BCUT2D eigenvalue weighted by Crippen LogP contribution is 2.37. The van der Waals surface area contributed by atoms with E-state index in [1.165, 1.54) is 57.8 Å². The van der Waals surface area contributed by atoms with Gasteiger partial charge in [-0.3, -0.25) is 4.90 Å². The van der Waals surface area contributed by atoms with Crippen molar-refractivity contribution in [1.29, 1.82) is 0 Å². The van der Waals surface area contributed by atoms with Crippen molar-refractivity contribution in [3.8, 4) is 0 Å². The van der Waals surface area contributed by atoms with Crippen LogP contribution in [0.1, 0.15) is 64.7 Å². The van der Waals surface area contributed by atoms with Gasteiger partial charge >= 0.3 is 0 Å². The molecule has 0 N–H and O–H groups in total. The molecule has 0 saturated heterocycles. The molecule has 0 aromatic heterocycles. The fourth-order valence-corrected chi connectivity index (χ4v) is 3.27. The van der Waals surface area contributed by atoms with E-state index in [1.54, 1.807) is 0 Å². The van der Waals surface area contributed by atoms with Gasteiger partial charge in [0.15, 0.2) is 0 Å². The average Bonchev–Trinajstić information content (AvgIpc) is 3.16. The number of rotatable bonds is 6. The van der Waals surface area contributed by atoms with Crippen molar-refractivity contribution in [2.24, 2.45) is 5.41 Å². The normalized spacial score (nSPS) is 24.6. The zero-order valence-corrected chi connectivity index (χ0v) is 11.3. The van der Waals surface area contributed by atoms with E-state index < -0.39 is 0 Å². The molecule has 2 nitrogen and oxygen atoms in total. The van der Waals surface area contributed by atoms with Crippen LogP contribution in [0.4, 0.5) is 0 Å². The summed E-state index contributed by atoms with van der Waals surface area (Å²) in [6.07, 6.45) is 12.6. The summed E-state index contributed by atoms with van der Waals surface area (Å²) in [7, 11) is 0. The van der Waals surface area contributed by atoms with Crippen molar-refractivity contribution in [1.82, 2.24) is 4.90 Å². The Labute approximate surface area is 106 Å². The molecule has 0 aromatic rings. The maximum absolute atomic E-state index is 11.6. The highest BCUT2D eigenvalue weighted by molar-refractivity contribution is 5.59. The molecule has 2 heteroatoms. The Balaban J connectivity index is 1.97. The van der Waals surface area contributed by atoms with Gasteiger partial charge in [0.05, 0.1) is 0 Å². The summed E-state index contributed by atoms with van der Waals surface area (Å²) in [4.78, 5) is 14.2. The second-order valence-electron chi connectivity index (χ2n) is 6.10. The molecule has 2 aliphatic rings. The van der Waals surface area contributed by atoms with Gasteiger partial charge in [0.1, 0.15) is 6.29 Å². The van der Waals surface area contributed by atoms with E-state index in [0.717, 1.165) is 25.4 Å². The summed E-state index contributed by atoms with van der Waals surface area (Å²) < 4.78 is 0. The van der Waals surface area contributed by atoms with Crippen LogP contribution in [0, 0.1) is 5.41 Å². The minimum absolute atomic E-state index is 0.00569. The third-order valence-electron chi connectivity index (χ3n) is 4.44. The highest BCUT2D eigenvalue weighted by atomic mass is 16.1. The third-order valence-corrected chi connectivity index (χ3v) is 4.44. The van der Waals surface area contributed by atoms with Crippen molar-refractivity contribution >= 4 is 6.29 Å². The summed E-state index contributed by atoms with van der Waals surface area (Å²) in [6.45, 7) is 4.46. The van der Waals surface area contributed by atoms with Crippen LogP contribution in [0.15, 0.2) is 0 Å². The standard InChI is InChI=1S/C15H27NO/c1-2-11-16(14-7-8-14)12-15(13-17)9-5-3-4-6-10-15/h13-14H,2-12H2,1H3. The molecule has 2 rings (SSSR count). The van der Waals surface area contributed by atoms with Crippen molar-refractivity contribution in [3.05, 3.63) is 0 Å². The van der Waals surface area contributed by atoms with Gasteiger partial charge in [-0.05, 0) is 38.6 Å². The van der Waals surface area contributed by atoms with Gasteiger partial charge in [-0.25, -0.2) is 0 Å². The van der Waals surface area contributed by atoms with E-state index in [2.05, 4.69) is 11.8 Å². The van der Waals surface area contributed by atoms with Crippen LogP contribution in [0.3, 0.4) is 0 Å². The van der Waals surface area contributed by atoms with Gasteiger partial charge in [0.2, 0.25) is 0 Å². The lowest BCUT2D eigenvalue weighted by molar-refractivity contribution is -0.118. The predicted octanol–water partition coefficient (Wildman–Crippen LogP) is 3.40. The quantitative estimate of drug-likeness (QED) is 0.521. The van der Waals surface area contributed by atoms with Crippen LogP contribution >= 0.6 is 0 Å². The number of hydrogen-bond acceptors (Lipinski definition) is 2. The Hall–Kier alpha value is -0.370. The van der Waals surface area contributed by atoms with E-state index in [4.69, 9.17) is 0 Å². The summed E-state index contributed by atoms with van der Waals surface area (Å²) in [5.74, 6) is 0. The van der Waals surface area contributed by atoms with E-state index in [-0.39, 0.29) is 5.41 Å². The number of carbonyl (C=O) groups is 1. The fraction of sp³-hybridized carbons (Fsp3) is 0.933. The van der Waals surface area contributed by atoms with Crippen molar-refractivity contribution < 1.29 is 4.79 Å². The molecule has 0 amide bonds. The number of nitrogens with zero attached hydrogens (tertiary/aromatic N) is 1. The molecule has 2 saturated carbocycles. The second kappa shape index (κ2) is 5.99. The van der Waals surface area contributed by atoms with Crippen LogP contribution in [0.5, 0.6) is 0 Å². The summed E-state index contributed by atoms with van der Waals surface area (Å²) in [6, 6.07) is 0.801. The molecule has 0 bridgehead atoms. The molecular formula is C15H27NO. The number of aldehydes is 1. The minimum Gasteiger partial charge on any atom is -0.303 e. The Morgan fingerprint density at radius 2 is 1.82 bits per heavy atom. The molecule has 2 aliphatic carbocycles. The number of carbonyl (C=O) groups excluding carboxylic acids is 1. The van der Waals surface area contributed by atoms with Gasteiger partial charge in [-0.1, -0.05) is 32.6 Å². The van der Waals surface area contributed by atoms with E-state index in [0.29, 0.717) is 0 Å². The van der Waals surface area contributed by atoms with Crippen LogP contribution < -0.4 is 0 Å². The molecule has 0 spiro atoms. The van der Waals surface area contributed by atoms with Gasteiger partial charge < -0.3 is 4.79 Å². The molecule has 0 aliphatic heterocycles. The fourth-order valence-electron chi connectivity index (χ4n) is 3.27. The molecule has 17 heavy (non-hydrogen) atoms. The minimum atomic E-state index is -0.00569. The van der Waals surface area contributed by atoms with Gasteiger partial charge in [-0.2, -0.15) is 0 Å². The smallest absolute Gasteiger partial charge is 0.127 e. The molecule has 0 unspecified atom stereocenters. The van der Waals surface area contributed by atoms with Gasteiger partial charge in [0.25, 0.3) is 0 Å². The topological polar surface area (TPSA) is 20.3 Å². The first-order valence-electron chi connectivity index (χ1n) is 7.50. The summed E-state index contributed by atoms with van der Waals surface area (Å²) in [5, 5.41) is 0. The summed E-state index contributed by atoms with van der Waals surface area (Å²) >= 11 is 0. The van der Waals surface area contributed by atoms with Gasteiger partial charge in [-0.15, -0.1) is 0 Å². The number of hydrogen-bond donors (Lipinski definition) is 0. The molecule has 0 radical (unpaired) electrons. The largest absolute Gasteiger partial charge is 0.303 e. The Morgan fingerprint density at radius 1 is 1.18 bits per heavy atom. The lowest BCUT2D eigenvalue weighted by Gasteiger charge is -2.33. The first-order valence-corrected chi connectivity index (χ1v) is 7.50. The maximum Gasteiger partial charge on any atom is 0.127 e. The lowest BCUT2D eigenvalue weighted by atomic mass is 9.81. The zero-order valence-electron chi connectivity index (χ0n) is 11.3. The Kier molecular flexibility index (Phi) is 4.61. The molecule has 2 fully saturated rings. The lowest BCUT2D eigenvalue weighted by Crippen LogP contribution is -2.40. The van der Waals surface area contributed by atoms with Crippen LogP contribution in [-0.2, 0) is 4.79 Å². The van der Waals surface area contributed by atoms with Crippen molar-refractivity contribution in [3.63, 3.8) is 0 Å². The molecule has 0 atom stereocenters. The molecule has 0 heterocycles. The third kappa shape index (κ3) is 3.54. The van der Waals surface area contributed by atoms with E-state index in [9.17, 15) is 4.79 Å². The predicted molar refractivity (Wildman–Crippen MR) is 71.1 cm³/mol. The maximum atomic E-state index is 11.6. The monoisotopic (exact) mass is 237 g/mol. The second-order valence-corrected chi connectivity index (χ2v) is 6.10. The van der Waals surface area contributed by atoms with Crippen LogP contribution in [0.25, 0.3) is 0 Å². The molecule has 98 valence electrons. The SMILES string of the molecule is CCCN(CC1(C=O)CCCCCC1)C1CC1. The zero-order chi connectivity index (χ0) is 12.1. The van der Waals surface area contributed by atoms with Crippen LogP contribution in [0.2, 0.25) is 0 Å². The highest BCUT2D eigenvalue weighted by Gasteiger charge is 2.37. The van der Waals surface area contributed by atoms with Crippen molar-refractivity contribution in [2.75, 3.05) is 13.1 Å². The van der Waals surface area contributed by atoms with Gasteiger partial charge in [0, 0.05) is 18.0 Å². The average molecular weight is 237 g/mol. The first kappa shape index (κ1) is 13.1. The first-order chi connectivity index (χ1) is 8.29. The molecule has 0 aromatic carbocycles. The Bertz CT molecular complexity index is 239.